The number of carboxylic acid groups (broad SMARTS) is 1. The molecule has 7 nitrogen and oxygen atoms in total. The summed E-state index contributed by atoms with van der Waals surface area (Å²) in [6.07, 6.45) is 3.89. The monoisotopic (exact) mass is 264 g/mol. The third-order valence-corrected chi connectivity index (χ3v) is 2.68. The number of aromatic carboxylic acids is 1. The lowest BCUT2D eigenvalue weighted by Gasteiger charge is -2.11. The van der Waals surface area contributed by atoms with Crippen LogP contribution in [0, 0.1) is 0 Å². The number of hydrogen-bond donors (Lipinski definition) is 2. The minimum Gasteiger partial charge on any atom is -0.476 e. The van der Waals surface area contributed by atoms with Crippen LogP contribution in [0.2, 0.25) is 0 Å². The Morgan fingerprint density at radius 2 is 2.47 bits per heavy atom. The first-order valence-electron chi connectivity index (χ1n) is 6.04. The van der Waals surface area contributed by atoms with E-state index in [0.717, 1.165) is 12.2 Å². The second-order valence-electron chi connectivity index (χ2n) is 4.31. The number of nitrogens with one attached hydrogen (secondary N) is 1. The third kappa shape index (κ3) is 3.92. The molecular formula is C12H16N4O3. The third-order valence-electron chi connectivity index (χ3n) is 2.68. The molecule has 0 aliphatic rings. The zero-order valence-corrected chi connectivity index (χ0v) is 10.6. The molecule has 1 atom stereocenters. The molecule has 0 amide bonds. The Morgan fingerprint density at radius 1 is 1.63 bits per heavy atom. The Bertz CT molecular complexity index is 521. The van der Waals surface area contributed by atoms with Crippen molar-refractivity contribution in [1.82, 2.24) is 20.3 Å². The van der Waals surface area contributed by atoms with Crippen LogP contribution in [0.25, 0.3) is 0 Å². The van der Waals surface area contributed by atoms with Gasteiger partial charge in [0, 0.05) is 19.0 Å². The SMILES string of the molecule is CC(Cc1ccco1)NCCn1cc(C(=O)O)nn1. The van der Waals surface area contributed by atoms with Crippen molar-refractivity contribution in [3.8, 4) is 0 Å². The van der Waals surface area contributed by atoms with E-state index in [4.69, 9.17) is 9.52 Å². The van der Waals surface area contributed by atoms with Crippen LogP contribution in [0.1, 0.15) is 23.2 Å². The van der Waals surface area contributed by atoms with Gasteiger partial charge in [-0.3, -0.25) is 4.68 Å². The van der Waals surface area contributed by atoms with Crippen LogP contribution in [0.15, 0.2) is 29.0 Å². The molecule has 0 spiro atoms. The summed E-state index contributed by atoms with van der Waals surface area (Å²) >= 11 is 0. The molecule has 0 saturated heterocycles. The van der Waals surface area contributed by atoms with Gasteiger partial charge in [-0.25, -0.2) is 4.79 Å². The highest BCUT2D eigenvalue weighted by molar-refractivity contribution is 5.84. The van der Waals surface area contributed by atoms with Gasteiger partial charge >= 0.3 is 5.97 Å². The molecule has 2 rings (SSSR count). The molecule has 2 aromatic heterocycles. The number of carbonyl (C=O) groups is 1. The van der Waals surface area contributed by atoms with E-state index < -0.39 is 5.97 Å². The van der Waals surface area contributed by atoms with Crippen LogP contribution in [-0.2, 0) is 13.0 Å². The molecule has 0 bridgehead atoms. The maximum Gasteiger partial charge on any atom is 0.358 e. The molecule has 0 fully saturated rings. The fourth-order valence-electron chi connectivity index (χ4n) is 1.73. The number of furan rings is 1. The topological polar surface area (TPSA) is 93.2 Å². The summed E-state index contributed by atoms with van der Waals surface area (Å²) in [7, 11) is 0. The maximum atomic E-state index is 10.6. The molecule has 102 valence electrons. The van der Waals surface area contributed by atoms with Crippen LogP contribution in [-0.4, -0.2) is 38.7 Å². The molecule has 0 radical (unpaired) electrons. The lowest BCUT2D eigenvalue weighted by atomic mass is 10.2. The van der Waals surface area contributed by atoms with Crippen LogP contribution < -0.4 is 5.32 Å². The summed E-state index contributed by atoms with van der Waals surface area (Å²) in [5.41, 5.74) is -0.0383. The predicted molar refractivity (Wildman–Crippen MR) is 66.9 cm³/mol. The van der Waals surface area contributed by atoms with Gasteiger partial charge < -0.3 is 14.8 Å². The van der Waals surface area contributed by atoms with E-state index in [1.54, 1.807) is 6.26 Å². The van der Waals surface area contributed by atoms with Gasteiger partial charge in [0.1, 0.15) is 5.76 Å². The average molecular weight is 264 g/mol. The first kappa shape index (κ1) is 13.3. The molecular weight excluding hydrogens is 248 g/mol. The fourth-order valence-corrected chi connectivity index (χ4v) is 1.73. The van der Waals surface area contributed by atoms with E-state index in [1.807, 2.05) is 12.1 Å². The molecule has 0 aromatic carbocycles. The van der Waals surface area contributed by atoms with Crippen LogP contribution in [0.4, 0.5) is 0 Å². The van der Waals surface area contributed by atoms with Gasteiger partial charge in [0.15, 0.2) is 5.69 Å². The summed E-state index contributed by atoms with van der Waals surface area (Å²) in [4.78, 5) is 10.6. The Kier molecular flexibility index (Phi) is 4.30. The summed E-state index contributed by atoms with van der Waals surface area (Å²) in [5.74, 6) is -0.126. The fraction of sp³-hybridized carbons (Fsp3) is 0.417. The lowest BCUT2D eigenvalue weighted by molar-refractivity contribution is 0.0690. The maximum absolute atomic E-state index is 10.6. The van der Waals surface area contributed by atoms with Gasteiger partial charge in [0.05, 0.1) is 19.0 Å². The highest BCUT2D eigenvalue weighted by Gasteiger charge is 2.08. The molecule has 7 heteroatoms. The molecule has 2 aromatic rings. The van der Waals surface area contributed by atoms with Gasteiger partial charge in [-0.15, -0.1) is 5.10 Å². The quantitative estimate of drug-likeness (QED) is 0.768. The minimum atomic E-state index is -1.06. The summed E-state index contributed by atoms with van der Waals surface area (Å²) in [6.45, 7) is 3.32. The van der Waals surface area contributed by atoms with Crippen LogP contribution >= 0.6 is 0 Å². The average Bonchev–Trinajstić information content (AvgIpc) is 3.00. The zero-order chi connectivity index (χ0) is 13.7. The van der Waals surface area contributed by atoms with Crippen molar-refractivity contribution in [3.05, 3.63) is 36.0 Å². The molecule has 19 heavy (non-hydrogen) atoms. The minimum absolute atomic E-state index is 0.0383. The predicted octanol–water partition coefficient (Wildman–Crippen LogP) is 0.790. The van der Waals surface area contributed by atoms with Crippen molar-refractivity contribution >= 4 is 5.97 Å². The normalized spacial score (nSPS) is 12.5. The van der Waals surface area contributed by atoms with Gasteiger partial charge in [-0.1, -0.05) is 5.21 Å². The van der Waals surface area contributed by atoms with Crippen molar-refractivity contribution in [3.63, 3.8) is 0 Å². The zero-order valence-electron chi connectivity index (χ0n) is 10.6. The number of rotatable bonds is 7. The van der Waals surface area contributed by atoms with Gasteiger partial charge in [-0.05, 0) is 19.1 Å². The van der Waals surface area contributed by atoms with Crippen LogP contribution in [0.3, 0.4) is 0 Å². The van der Waals surface area contributed by atoms with Crippen molar-refractivity contribution < 1.29 is 14.3 Å². The number of carboxylic acids is 1. The Hall–Kier alpha value is -2.15. The van der Waals surface area contributed by atoms with Gasteiger partial charge in [-0.2, -0.15) is 0 Å². The molecule has 1 unspecified atom stereocenters. The first-order valence-corrected chi connectivity index (χ1v) is 6.04. The van der Waals surface area contributed by atoms with Crippen molar-refractivity contribution in [2.75, 3.05) is 6.54 Å². The highest BCUT2D eigenvalue weighted by atomic mass is 16.4. The van der Waals surface area contributed by atoms with E-state index in [-0.39, 0.29) is 11.7 Å². The summed E-state index contributed by atoms with van der Waals surface area (Å²) < 4.78 is 6.78. The molecule has 0 aliphatic carbocycles. The Morgan fingerprint density at radius 3 is 3.11 bits per heavy atom. The number of hydrogen-bond acceptors (Lipinski definition) is 5. The highest BCUT2D eigenvalue weighted by Crippen LogP contribution is 2.03. The van der Waals surface area contributed by atoms with Crippen molar-refractivity contribution in [2.24, 2.45) is 0 Å². The lowest BCUT2D eigenvalue weighted by Crippen LogP contribution is -2.31. The Labute approximate surface area is 110 Å². The van der Waals surface area contributed by atoms with E-state index in [0.29, 0.717) is 13.1 Å². The van der Waals surface area contributed by atoms with E-state index >= 15 is 0 Å². The van der Waals surface area contributed by atoms with E-state index in [2.05, 4.69) is 22.6 Å². The summed E-state index contributed by atoms with van der Waals surface area (Å²) in [6, 6.07) is 4.08. The second-order valence-corrected chi connectivity index (χ2v) is 4.31. The molecule has 0 saturated carbocycles. The Balaban J connectivity index is 1.72. The summed E-state index contributed by atoms with van der Waals surface area (Å²) in [5, 5.41) is 19.3. The van der Waals surface area contributed by atoms with Crippen molar-refractivity contribution in [2.45, 2.75) is 25.9 Å². The molecule has 0 aliphatic heterocycles. The number of nitrogens with zero attached hydrogens (tertiary/aromatic N) is 3. The second kappa shape index (κ2) is 6.14. The molecule has 2 heterocycles. The standard InChI is InChI=1S/C12H16N4O3/c1-9(7-10-3-2-6-19-10)13-4-5-16-8-11(12(17)18)14-15-16/h2-3,6,8-9,13H,4-5,7H2,1H3,(H,17,18). The largest absolute Gasteiger partial charge is 0.476 e. The van der Waals surface area contributed by atoms with E-state index in [1.165, 1.54) is 10.9 Å². The molecule has 2 N–H and O–H groups in total. The first-order chi connectivity index (χ1) is 9.15. The van der Waals surface area contributed by atoms with E-state index in [9.17, 15) is 4.79 Å². The smallest absolute Gasteiger partial charge is 0.358 e. The van der Waals surface area contributed by atoms with Crippen molar-refractivity contribution in [1.29, 1.82) is 0 Å². The number of aromatic nitrogens is 3. The van der Waals surface area contributed by atoms with Gasteiger partial charge in [0.25, 0.3) is 0 Å². The van der Waals surface area contributed by atoms with Crippen LogP contribution in [0.5, 0.6) is 0 Å². The van der Waals surface area contributed by atoms with Gasteiger partial charge in [0.2, 0.25) is 0 Å².